The molecule has 0 spiro atoms. The van der Waals surface area contributed by atoms with Gasteiger partial charge < -0.3 is 10.2 Å². The minimum Gasteiger partial charge on any atom is -0.507 e. The fourth-order valence-corrected chi connectivity index (χ4v) is 8.94. The Balaban J connectivity index is 1.43. The van der Waals surface area contributed by atoms with Crippen LogP contribution >= 0.6 is 0 Å². The summed E-state index contributed by atoms with van der Waals surface area (Å²) in [6, 6.07) is 34.6. The van der Waals surface area contributed by atoms with E-state index in [1.165, 1.54) is 86.5 Å². The van der Waals surface area contributed by atoms with Crippen molar-refractivity contribution in [1.82, 2.24) is 0 Å². The van der Waals surface area contributed by atoms with Crippen LogP contribution in [0.15, 0.2) is 97.1 Å². The molecule has 0 amide bonds. The molecule has 0 aromatic heterocycles. The molecule has 0 unspecified atom stereocenters. The van der Waals surface area contributed by atoms with Crippen molar-refractivity contribution < 1.29 is 10.2 Å². The van der Waals surface area contributed by atoms with Crippen molar-refractivity contribution in [3.05, 3.63) is 119 Å². The lowest BCUT2D eigenvalue weighted by molar-refractivity contribution is 0.443. The molecule has 0 atom stereocenters. The molecule has 0 aliphatic heterocycles. The summed E-state index contributed by atoms with van der Waals surface area (Å²) in [4.78, 5) is 0. The molecule has 0 heterocycles. The summed E-state index contributed by atoms with van der Waals surface area (Å²) >= 11 is 0. The van der Waals surface area contributed by atoms with Crippen molar-refractivity contribution in [3.8, 4) is 44.9 Å². The first-order chi connectivity index (χ1) is 23.5. The first kappa shape index (κ1) is 30.8. The number of hydrogen-bond donors (Lipinski definition) is 2. The van der Waals surface area contributed by atoms with E-state index >= 15 is 0 Å². The number of rotatable bonds is 5. The van der Waals surface area contributed by atoms with E-state index in [4.69, 9.17) is 0 Å². The second-order valence-electron chi connectivity index (χ2n) is 14.6. The van der Waals surface area contributed by atoms with Gasteiger partial charge in [-0.1, -0.05) is 135 Å². The van der Waals surface area contributed by atoms with Gasteiger partial charge in [0.1, 0.15) is 11.5 Å². The van der Waals surface area contributed by atoms with Crippen LogP contribution in [0.25, 0.3) is 54.9 Å². The molecule has 242 valence electrons. The highest BCUT2D eigenvalue weighted by Crippen LogP contribution is 2.53. The maximum absolute atomic E-state index is 12.6. The van der Waals surface area contributed by atoms with Gasteiger partial charge >= 0.3 is 0 Å². The van der Waals surface area contributed by atoms with Gasteiger partial charge in [0.15, 0.2) is 0 Å². The molecule has 48 heavy (non-hydrogen) atoms. The summed E-state index contributed by atoms with van der Waals surface area (Å²) in [5, 5.41) is 29.3. The predicted molar refractivity (Wildman–Crippen MR) is 202 cm³/mol. The number of aromatic hydroxyl groups is 2. The molecular formula is C46H46O2. The summed E-state index contributed by atoms with van der Waals surface area (Å²) in [5.74, 6) is 1.46. The van der Waals surface area contributed by atoms with Gasteiger partial charge in [-0.3, -0.25) is 0 Å². The molecule has 2 aliphatic carbocycles. The zero-order chi connectivity index (χ0) is 32.8. The first-order valence-electron chi connectivity index (χ1n) is 18.2. The lowest BCUT2D eigenvalue weighted by Gasteiger charge is -2.27. The van der Waals surface area contributed by atoms with Gasteiger partial charge in [-0.05, 0) is 107 Å². The highest BCUT2D eigenvalue weighted by atomic mass is 16.3. The van der Waals surface area contributed by atoms with E-state index in [1.807, 2.05) is 12.1 Å². The smallest absolute Gasteiger partial charge is 0.132 e. The number of benzene rings is 6. The zero-order valence-electron chi connectivity index (χ0n) is 28.4. The molecule has 2 aliphatic rings. The molecular weight excluding hydrogens is 585 g/mol. The van der Waals surface area contributed by atoms with Gasteiger partial charge in [0.05, 0.1) is 0 Å². The Morgan fingerprint density at radius 1 is 0.438 bits per heavy atom. The molecule has 2 N–H and O–H groups in total. The maximum atomic E-state index is 12.6. The summed E-state index contributed by atoms with van der Waals surface area (Å²) in [5.41, 5.74) is 10.4. The molecule has 2 nitrogen and oxygen atoms in total. The van der Waals surface area contributed by atoms with Crippen molar-refractivity contribution in [2.24, 2.45) is 0 Å². The second kappa shape index (κ2) is 12.8. The van der Waals surface area contributed by atoms with Crippen LogP contribution < -0.4 is 0 Å². The molecule has 2 fully saturated rings. The van der Waals surface area contributed by atoms with Crippen LogP contribution in [0, 0.1) is 13.8 Å². The van der Waals surface area contributed by atoms with Gasteiger partial charge in [0.2, 0.25) is 0 Å². The van der Waals surface area contributed by atoms with Crippen molar-refractivity contribution in [2.45, 2.75) is 89.9 Å². The maximum Gasteiger partial charge on any atom is 0.132 e. The topological polar surface area (TPSA) is 40.5 Å². The van der Waals surface area contributed by atoms with Crippen LogP contribution in [-0.4, -0.2) is 10.2 Å². The minimum atomic E-state index is 0.241. The zero-order valence-corrected chi connectivity index (χ0v) is 28.4. The first-order valence-corrected chi connectivity index (χ1v) is 18.2. The Hall–Kier alpha value is -4.56. The Labute approximate surface area is 285 Å². The molecule has 6 aromatic carbocycles. The second-order valence-corrected chi connectivity index (χ2v) is 14.6. The number of phenolic OH excluding ortho intramolecular Hbond substituents is 2. The fourth-order valence-electron chi connectivity index (χ4n) is 8.94. The lowest BCUT2D eigenvalue weighted by Crippen LogP contribution is -2.06. The molecule has 6 aromatic rings. The number of phenols is 2. The Kier molecular flexibility index (Phi) is 8.20. The van der Waals surface area contributed by atoms with Crippen LogP contribution in [0.4, 0.5) is 0 Å². The fraction of sp³-hybridized carbons (Fsp3) is 0.304. The average molecular weight is 631 g/mol. The SMILES string of the molecule is Cc1ccc(C2CCCCC2)c(-c2cc3ccccc3c(-c3c(O)c(-c4cc(C)ccc4C4CCCCC4)cc4ccccc34)c2O)c1. The van der Waals surface area contributed by atoms with Crippen molar-refractivity contribution in [2.75, 3.05) is 0 Å². The quantitative estimate of drug-likeness (QED) is 0.199. The van der Waals surface area contributed by atoms with E-state index in [2.05, 4.69) is 98.8 Å². The van der Waals surface area contributed by atoms with Gasteiger partial charge in [-0.15, -0.1) is 0 Å². The average Bonchev–Trinajstić information content (AvgIpc) is 3.12. The van der Waals surface area contributed by atoms with E-state index in [1.54, 1.807) is 0 Å². The normalized spacial score (nSPS) is 16.1. The summed E-state index contributed by atoms with van der Waals surface area (Å²) in [6.45, 7) is 4.28. The predicted octanol–water partition coefficient (Wildman–Crippen LogP) is 13.1. The third kappa shape index (κ3) is 5.46. The van der Waals surface area contributed by atoms with E-state index in [9.17, 15) is 10.2 Å². The summed E-state index contributed by atoms with van der Waals surface area (Å²) in [7, 11) is 0. The standard InChI is InChI=1S/C46H46O2/c1-29-21-23-35(31-13-5-3-6-14-31)39(25-29)41-27-33-17-9-11-19-37(33)43(45(41)47)44-38-20-12-10-18-34(38)28-42(46(44)48)40-26-30(2)22-24-36(40)32-15-7-4-8-16-32/h9-12,17-28,31-32,47-48H,3-8,13-16H2,1-2H3. The number of fused-ring (bicyclic) bond motifs is 2. The molecule has 0 radical (unpaired) electrons. The minimum absolute atomic E-state index is 0.241. The van der Waals surface area contributed by atoms with Crippen molar-refractivity contribution in [3.63, 3.8) is 0 Å². The third-order valence-electron chi connectivity index (χ3n) is 11.4. The number of hydrogen-bond acceptors (Lipinski definition) is 2. The van der Waals surface area contributed by atoms with E-state index < -0.39 is 0 Å². The van der Waals surface area contributed by atoms with Crippen molar-refractivity contribution in [1.29, 1.82) is 0 Å². The van der Waals surface area contributed by atoms with Crippen molar-refractivity contribution >= 4 is 21.5 Å². The Bertz CT molecular complexity index is 1990. The largest absolute Gasteiger partial charge is 0.507 e. The highest BCUT2D eigenvalue weighted by molar-refractivity contribution is 6.14. The van der Waals surface area contributed by atoms with Gasteiger partial charge in [-0.25, -0.2) is 0 Å². The van der Waals surface area contributed by atoms with Crippen LogP contribution in [0.5, 0.6) is 11.5 Å². The Morgan fingerprint density at radius 3 is 1.25 bits per heavy atom. The third-order valence-corrected chi connectivity index (χ3v) is 11.4. The van der Waals surface area contributed by atoms with E-state index in [0.29, 0.717) is 23.0 Å². The Morgan fingerprint density at radius 2 is 0.833 bits per heavy atom. The highest BCUT2D eigenvalue weighted by Gasteiger charge is 2.27. The van der Waals surface area contributed by atoms with Crippen LogP contribution in [0.3, 0.4) is 0 Å². The molecule has 2 saturated carbocycles. The van der Waals surface area contributed by atoms with Crippen LogP contribution in [0.1, 0.15) is 98.3 Å². The summed E-state index contributed by atoms with van der Waals surface area (Å²) in [6.07, 6.45) is 12.3. The van der Waals surface area contributed by atoms with Gasteiger partial charge in [0.25, 0.3) is 0 Å². The number of aryl methyl sites for hydroxylation is 2. The monoisotopic (exact) mass is 630 g/mol. The molecule has 0 bridgehead atoms. The molecule has 8 rings (SSSR count). The molecule has 2 heteroatoms. The van der Waals surface area contributed by atoms with E-state index in [0.717, 1.165) is 43.8 Å². The van der Waals surface area contributed by atoms with Gasteiger partial charge in [-0.2, -0.15) is 0 Å². The summed E-state index contributed by atoms with van der Waals surface area (Å²) < 4.78 is 0. The van der Waals surface area contributed by atoms with Crippen LogP contribution in [0.2, 0.25) is 0 Å². The van der Waals surface area contributed by atoms with Gasteiger partial charge in [0, 0.05) is 22.3 Å². The van der Waals surface area contributed by atoms with Crippen LogP contribution in [-0.2, 0) is 0 Å². The lowest BCUT2D eigenvalue weighted by atomic mass is 9.78. The molecule has 0 saturated heterocycles. The van der Waals surface area contributed by atoms with E-state index in [-0.39, 0.29) is 11.5 Å².